The van der Waals surface area contributed by atoms with Crippen LogP contribution >= 0.6 is 0 Å². The third-order valence-electron chi connectivity index (χ3n) is 9.37. The van der Waals surface area contributed by atoms with Gasteiger partial charge in [0.2, 0.25) is 5.91 Å². The minimum Gasteiger partial charge on any atom is -0.374 e. The smallest absolute Gasteiger partial charge is 0.236 e. The summed E-state index contributed by atoms with van der Waals surface area (Å²) >= 11 is 0. The number of ether oxygens (including phenoxy) is 2. The highest BCUT2D eigenvalue weighted by molar-refractivity contribution is 5.78. The lowest BCUT2D eigenvalue weighted by molar-refractivity contribution is -0.131. The maximum atomic E-state index is 12.8. The van der Waals surface area contributed by atoms with Gasteiger partial charge in [-0.25, -0.2) is 0 Å². The van der Waals surface area contributed by atoms with Gasteiger partial charge in [-0.2, -0.15) is 0 Å². The van der Waals surface area contributed by atoms with Gasteiger partial charge in [0.25, 0.3) is 0 Å². The number of likely N-dealkylation sites (tertiary alicyclic amines) is 1. The van der Waals surface area contributed by atoms with Crippen molar-refractivity contribution in [2.24, 2.45) is 0 Å². The molecule has 1 amide bonds. The van der Waals surface area contributed by atoms with E-state index in [9.17, 15) is 4.79 Å². The molecule has 1 aliphatic rings. The van der Waals surface area contributed by atoms with Crippen LogP contribution in [0.2, 0.25) is 0 Å². The zero-order valence-corrected chi connectivity index (χ0v) is 32.9. The van der Waals surface area contributed by atoms with Gasteiger partial charge in [0.15, 0.2) is 0 Å². The van der Waals surface area contributed by atoms with Crippen molar-refractivity contribution in [3.8, 4) is 0 Å². The Kier molecular flexibility index (Phi) is 32.1. The summed E-state index contributed by atoms with van der Waals surface area (Å²) in [4.78, 5) is 16.7. The number of nitrogens with zero attached hydrogens (tertiary/aromatic N) is 2. The van der Waals surface area contributed by atoms with Gasteiger partial charge >= 0.3 is 0 Å². The number of amides is 1. The van der Waals surface area contributed by atoms with E-state index in [1.165, 1.54) is 128 Å². The Balaban J connectivity index is 2.13. The summed E-state index contributed by atoms with van der Waals surface area (Å²) in [5.41, 5.74) is 0. The molecule has 2 atom stereocenters. The fraction of sp³-hybridized carbons (Fsp3) is 0.795. The lowest BCUT2D eigenvalue weighted by Crippen LogP contribution is -2.37. The molecule has 0 aromatic heterocycles. The minimum absolute atomic E-state index is 0.00584. The Morgan fingerprint density at radius 1 is 0.531 bits per heavy atom. The quantitative estimate of drug-likeness (QED) is 0.0500. The van der Waals surface area contributed by atoms with Crippen LogP contribution in [0.4, 0.5) is 0 Å². The van der Waals surface area contributed by atoms with Gasteiger partial charge in [-0.1, -0.05) is 140 Å². The van der Waals surface area contributed by atoms with Gasteiger partial charge in [0, 0.05) is 26.3 Å². The Morgan fingerprint density at radius 2 is 0.878 bits per heavy atom. The number of allylic oxidation sites excluding steroid dienone is 8. The van der Waals surface area contributed by atoms with Crippen LogP contribution in [0.15, 0.2) is 48.6 Å². The van der Waals surface area contributed by atoms with Gasteiger partial charge in [0.1, 0.15) is 12.2 Å². The maximum Gasteiger partial charge on any atom is 0.236 e. The van der Waals surface area contributed by atoms with Crippen molar-refractivity contribution in [2.45, 2.75) is 180 Å². The van der Waals surface area contributed by atoms with Crippen LogP contribution < -0.4 is 0 Å². The first-order valence-electron chi connectivity index (χ1n) is 20.8. The summed E-state index contributed by atoms with van der Waals surface area (Å²) in [7, 11) is 3.90. The van der Waals surface area contributed by atoms with Crippen LogP contribution in [0.5, 0.6) is 0 Å². The average Bonchev–Trinajstić information content (AvgIpc) is 3.50. The van der Waals surface area contributed by atoms with Crippen molar-refractivity contribution in [1.29, 1.82) is 0 Å². The molecule has 1 saturated heterocycles. The van der Waals surface area contributed by atoms with E-state index in [1.54, 1.807) is 0 Å². The van der Waals surface area contributed by atoms with Crippen LogP contribution in [0.25, 0.3) is 0 Å². The number of carbonyl (C=O) groups is 1. The molecule has 0 saturated carbocycles. The van der Waals surface area contributed by atoms with Gasteiger partial charge in [-0.3, -0.25) is 4.79 Å². The lowest BCUT2D eigenvalue weighted by Gasteiger charge is -2.19. The second-order valence-corrected chi connectivity index (χ2v) is 14.5. The first-order chi connectivity index (χ1) is 24.1. The Bertz CT molecular complexity index is 791. The van der Waals surface area contributed by atoms with Gasteiger partial charge < -0.3 is 19.3 Å². The summed E-state index contributed by atoms with van der Waals surface area (Å²) < 4.78 is 12.7. The average molecular weight is 685 g/mol. The van der Waals surface area contributed by atoms with Crippen LogP contribution in [0.1, 0.15) is 168 Å². The van der Waals surface area contributed by atoms with Crippen LogP contribution in [-0.4, -0.2) is 74.9 Å². The monoisotopic (exact) mass is 685 g/mol. The molecular formula is C44H80N2O3. The molecule has 0 bridgehead atoms. The molecule has 1 fully saturated rings. The fourth-order valence-corrected chi connectivity index (χ4v) is 6.29. The molecule has 49 heavy (non-hydrogen) atoms. The zero-order chi connectivity index (χ0) is 35.5. The van der Waals surface area contributed by atoms with E-state index >= 15 is 0 Å². The molecule has 1 aliphatic heterocycles. The lowest BCUT2D eigenvalue weighted by atomic mass is 10.1. The first-order valence-corrected chi connectivity index (χ1v) is 20.8. The summed E-state index contributed by atoms with van der Waals surface area (Å²) in [6.07, 6.45) is 48.6. The second-order valence-electron chi connectivity index (χ2n) is 14.5. The number of likely N-dealkylation sites (N-methyl/N-ethyl adjacent to an activating group) is 1. The zero-order valence-electron chi connectivity index (χ0n) is 32.9. The molecule has 0 radical (unpaired) electrons. The number of unbranched alkanes of at least 4 members (excludes halogenated alkanes) is 18. The minimum atomic E-state index is -0.00584. The summed E-state index contributed by atoms with van der Waals surface area (Å²) in [6, 6.07) is 0. The Labute approximate surface area is 305 Å². The second kappa shape index (κ2) is 34.7. The molecule has 1 heterocycles. The highest BCUT2D eigenvalue weighted by atomic mass is 16.5. The maximum absolute atomic E-state index is 12.8. The predicted molar refractivity (Wildman–Crippen MR) is 213 cm³/mol. The highest BCUT2D eigenvalue weighted by Crippen LogP contribution is 2.19. The van der Waals surface area contributed by atoms with E-state index in [-0.39, 0.29) is 18.1 Å². The van der Waals surface area contributed by atoms with E-state index < -0.39 is 0 Å². The standard InChI is InChI=1S/C44H80N2O3/c1-5-7-9-11-13-15-17-19-21-23-25-27-29-31-33-35-37-48-42-39-46(44(47)41-45(3)4)40-43(42)49-38-36-34-32-30-28-26-24-22-20-18-16-14-12-10-8-6-2/h13-16,19-22,42-43H,5-12,17-18,23-41H2,1-4H3/b15-13-,16-14-,21-19-,22-20-. The molecule has 0 spiro atoms. The van der Waals surface area contributed by atoms with E-state index in [2.05, 4.69) is 62.5 Å². The number of rotatable bonds is 34. The molecule has 5 nitrogen and oxygen atoms in total. The molecular weight excluding hydrogens is 604 g/mol. The number of hydrogen-bond donors (Lipinski definition) is 0. The van der Waals surface area contributed by atoms with Crippen molar-refractivity contribution in [3.05, 3.63) is 48.6 Å². The molecule has 284 valence electrons. The summed E-state index contributed by atoms with van der Waals surface area (Å²) in [5, 5.41) is 0. The van der Waals surface area contributed by atoms with E-state index in [0.29, 0.717) is 19.6 Å². The van der Waals surface area contributed by atoms with Crippen LogP contribution in [0, 0.1) is 0 Å². The number of hydrogen-bond acceptors (Lipinski definition) is 4. The van der Waals surface area contributed by atoms with Crippen molar-refractivity contribution < 1.29 is 14.3 Å². The highest BCUT2D eigenvalue weighted by Gasteiger charge is 2.36. The summed E-state index contributed by atoms with van der Waals surface area (Å²) in [5.74, 6) is 0.173. The topological polar surface area (TPSA) is 42.0 Å². The molecule has 2 unspecified atom stereocenters. The number of carbonyl (C=O) groups excluding carboxylic acids is 1. The molecule has 0 N–H and O–H groups in total. The molecule has 0 aliphatic carbocycles. The van der Waals surface area contributed by atoms with Crippen molar-refractivity contribution in [3.63, 3.8) is 0 Å². The predicted octanol–water partition coefficient (Wildman–Crippen LogP) is 11.8. The molecule has 1 rings (SSSR count). The van der Waals surface area contributed by atoms with E-state index in [4.69, 9.17) is 9.47 Å². The van der Waals surface area contributed by atoms with E-state index in [1.807, 2.05) is 23.9 Å². The van der Waals surface area contributed by atoms with E-state index in [0.717, 1.165) is 38.9 Å². The third kappa shape index (κ3) is 28.7. The largest absolute Gasteiger partial charge is 0.374 e. The normalized spacial score (nSPS) is 17.0. The van der Waals surface area contributed by atoms with Crippen molar-refractivity contribution >= 4 is 5.91 Å². The molecule has 5 heteroatoms. The SMILES string of the molecule is CCCCC/C=C\C/C=C\CCCCCCCCOC1CN(C(=O)CN(C)C)CC1OCCCCCCCC/C=C\C/C=C\CCCCC. The molecule has 0 aromatic rings. The van der Waals surface area contributed by atoms with Gasteiger partial charge in [-0.15, -0.1) is 0 Å². The third-order valence-corrected chi connectivity index (χ3v) is 9.37. The summed E-state index contributed by atoms with van der Waals surface area (Å²) in [6.45, 7) is 7.80. The van der Waals surface area contributed by atoms with Crippen LogP contribution in [-0.2, 0) is 14.3 Å². The first kappa shape index (κ1) is 45.3. The van der Waals surface area contributed by atoms with Crippen LogP contribution in [0.3, 0.4) is 0 Å². The molecule has 0 aromatic carbocycles. The van der Waals surface area contributed by atoms with Crippen molar-refractivity contribution in [2.75, 3.05) is 46.9 Å². The van der Waals surface area contributed by atoms with Crippen molar-refractivity contribution in [1.82, 2.24) is 9.80 Å². The van der Waals surface area contributed by atoms with Gasteiger partial charge in [-0.05, 0) is 91.1 Å². The Hall–Kier alpha value is -1.69. The Morgan fingerprint density at radius 3 is 1.24 bits per heavy atom. The fourth-order valence-electron chi connectivity index (χ4n) is 6.29. The van der Waals surface area contributed by atoms with Gasteiger partial charge in [0.05, 0.1) is 6.54 Å².